The van der Waals surface area contributed by atoms with E-state index in [-0.39, 0.29) is 5.69 Å². The molecule has 0 radical (unpaired) electrons. The van der Waals surface area contributed by atoms with Crippen molar-refractivity contribution in [3.05, 3.63) is 95.6 Å². The SMILES string of the molecule is COc1ccc(C(NC(=O)c2nn(-c3ccccc3)nc2C)c2nccc3cc(OC)c(OC)cc23)cc1OC. The van der Waals surface area contributed by atoms with Crippen LogP contribution in [0.25, 0.3) is 16.5 Å². The largest absolute Gasteiger partial charge is 0.493 e. The van der Waals surface area contributed by atoms with Crippen LogP contribution in [0.15, 0.2) is 72.9 Å². The summed E-state index contributed by atoms with van der Waals surface area (Å²) in [4.78, 5) is 19.9. The fourth-order valence-electron chi connectivity index (χ4n) is 4.56. The third-order valence-corrected chi connectivity index (χ3v) is 6.57. The van der Waals surface area contributed by atoms with E-state index in [1.807, 2.05) is 60.7 Å². The van der Waals surface area contributed by atoms with Gasteiger partial charge in [0, 0.05) is 11.6 Å². The molecule has 5 aromatic rings. The highest BCUT2D eigenvalue weighted by molar-refractivity contribution is 5.95. The highest BCUT2D eigenvalue weighted by atomic mass is 16.5. The molecule has 1 N–H and O–H groups in total. The maximum Gasteiger partial charge on any atom is 0.274 e. The van der Waals surface area contributed by atoms with Gasteiger partial charge in [-0.05, 0) is 60.3 Å². The van der Waals surface area contributed by atoms with Gasteiger partial charge < -0.3 is 24.3 Å². The second-order valence-electron chi connectivity index (χ2n) is 8.90. The Labute approximate surface area is 231 Å². The van der Waals surface area contributed by atoms with Crippen molar-refractivity contribution in [2.24, 2.45) is 0 Å². The van der Waals surface area contributed by atoms with Gasteiger partial charge in [-0.2, -0.15) is 9.90 Å². The number of methoxy groups -OCH3 is 4. The zero-order valence-corrected chi connectivity index (χ0v) is 22.8. The summed E-state index contributed by atoms with van der Waals surface area (Å²) in [5, 5.41) is 13.7. The summed E-state index contributed by atoms with van der Waals surface area (Å²) in [7, 11) is 6.30. The zero-order valence-electron chi connectivity index (χ0n) is 22.8. The second kappa shape index (κ2) is 11.3. The molecule has 0 aliphatic rings. The van der Waals surface area contributed by atoms with Crippen molar-refractivity contribution in [1.29, 1.82) is 0 Å². The highest BCUT2D eigenvalue weighted by Crippen LogP contribution is 2.38. The van der Waals surface area contributed by atoms with Crippen LogP contribution < -0.4 is 24.3 Å². The van der Waals surface area contributed by atoms with Crippen LogP contribution in [0.1, 0.15) is 33.5 Å². The van der Waals surface area contributed by atoms with Gasteiger partial charge in [-0.25, -0.2) is 0 Å². The van der Waals surface area contributed by atoms with E-state index in [0.29, 0.717) is 34.4 Å². The first-order valence-corrected chi connectivity index (χ1v) is 12.5. The molecule has 0 aliphatic carbocycles. The number of hydrogen-bond donors (Lipinski definition) is 1. The molecule has 0 bridgehead atoms. The molecule has 2 aromatic heterocycles. The van der Waals surface area contributed by atoms with E-state index in [2.05, 4.69) is 15.5 Å². The number of aryl methyl sites for hydroxylation is 1. The molecule has 10 nitrogen and oxygen atoms in total. The van der Waals surface area contributed by atoms with Crippen molar-refractivity contribution < 1.29 is 23.7 Å². The molecule has 0 spiro atoms. The number of benzene rings is 3. The summed E-state index contributed by atoms with van der Waals surface area (Å²) in [5.74, 6) is 1.81. The van der Waals surface area contributed by atoms with Crippen LogP contribution in [0.2, 0.25) is 0 Å². The van der Waals surface area contributed by atoms with Gasteiger partial charge in [0.25, 0.3) is 5.91 Å². The maximum absolute atomic E-state index is 13.7. The molecule has 5 rings (SSSR count). The van der Waals surface area contributed by atoms with E-state index in [4.69, 9.17) is 23.9 Å². The van der Waals surface area contributed by atoms with Crippen LogP contribution >= 0.6 is 0 Å². The number of amides is 1. The topological polar surface area (TPSA) is 110 Å². The molecule has 1 atom stereocenters. The van der Waals surface area contributed by atoms with Crippen LogP contribution in [0.3, 0.4) is 0 Å². The average molecular weight is 540 g/mol. The molecule has 204 valence electrons. The minimum absolute atomic E-state index is 0.203. The van der Waals surface area contributed by atoms with E-state index in [1.165, 1.54) is 4.80 Å². The monoisotopic (exact) mass is 539 g/mol. The van der Waals surface area contributed by atoms with Crippen molar-refractivity contribution in [2.75, 3.05) is 28.4 Å². The fraction of sp³-hybridized carbons (Fsp3) is 0.200. The van der Waals surface area contributed by atoms with Gasteiger partial charge in [0.05, 0.1) is 51.6 Å². The zero-order chi connectivity index (χ0) is 28.2. The number of hydrogen-bond acceptors (Lipinski definition) is 8. The molecule has 0 saturated heterocycles. The van der Waals surface area contributed by atoms with E-state index in [9.17, 15) is 4.79 Å². The number of aromatic nitrogens is 4. The number of nitrogens with one attached hydrogen (secondary N) is 1. The minimum Gasteiger partial charge on any atom is -0.493 e. The van der Waals surface area contributed by atoms with Gasteiger partial charge in [-0.1, -0.05) is 24.3 Å². The van der Waals surface area contributed by atoms with Crippen molar-refractivity contribution in [1.82, 2.24) is 25.3 Å². The Morgan fingerprint density at radius 3 is 2.17 bits per heavy atom. The number of rotatable bonds is 9. The van der Waals surface area contributed by atoms with Crippen LogP contribution in [-0.4, -0.2) is 54.3 Å². The van der Waals surface area contributed by atoms with Crippen LogP contribution in [0, 0.1) is 6.92 Å². The molecule has 1 amide bonds. The quantitative estimate of drug-likeness (QED) is 0.288. The van der Waals surface area contributed by atoms with Crippen molar-refractivity contribution >= 4 is 16.7 Å². The van der Waals surface area contributed by atoms with Crippen LogP contribution in [0.5, 0.6) is 23.0 Å². The van der Waals surface area contributed by atoms with Crippen molar-refractivity contribution in [2.45, 2.75) is 13.0 Å². The molecule has 2 heterocycles. The number of nitrogens with zero attached hydrogens (tertiary/aromatic N) is 4. The first-order valence-electron chi connectivity index (χ1n) is 12.5. The van der Waals surface area contributed by atoms with Crippen LogP contribution in [-0.2, 0) is 0 Å². The summed E-state index contributed by atoms with van der Waals surface area (Å²) < 4.78 is 22.1. The van der Waals surface area contributed by atoms with Gasteiger partial charge >= 0.3 is 0 Å². The van der Waals surface area contributed by atoms with Gasteiger partial charge in [-0.3, -0.25) is 9.78 Å². The Morgan fingerprint density at radius 2 is 1.48 bits per heavy atom. The fourth-order valence-corrected chi connectivity index (χ4v) is 4.56. The number of carbonyl (C=O) groups is 1. The van der Waals surface area contributed by atoms with Crippen molar-refractivity contribution in [3.63, 3.8) is 0 Å². The molecule has 1 unspecified atom stereocenters. The number of para-hydroxylation sites is 1. The predicted octanol–water partition coefficient (Wildman–Crippen LogP) is 4.68. The Balaban J connectivity index is 1.63. The number of carbonyl (C=O) groups excluding carboxylic acids is 1. The lowest BCUT2D eigenvalue weighted by molar-refractivity contribution is 0.0936. The molecule has 40 heavy (non-hydrogen) atoms. The third kappa shape index (κ3) is 4.98. The maximum atomic E-state index is 13.7. The molecule has 0 fully saturated rings. The Hall–Kier alpha value is -5.12. The standard InChI is InChI=1S/C30H29N5O5/c1-18-27(34-35(33-18)21-9-7-6-8-10-21)30(36)32-28(20-11-12-23(37-2)24(16-20)38-3)29-22-17-26(40-5)25(39-4)15-19(22)13-14-31-29/h6-17,28H,1-5H3,(H,32,36). The second-order valence-corrected chi connectivity index (χ2v) is 8.90. The average Bonchev–Trinajstić information content (AvgIpc) is 3.40. The smallest absolute Gasteiger partial charge is 0.274 e. The third-order valence-electron chi connectivity index (χ3n) is 6.57. The lowest BCUT2D eigenvalue weighted by atomic mass is 9.97. The van der Waals surface area contributed by atoms with Crippen molar-refractivity contribution in [3.8, 4) is 28.7 Å². The van der Waals surface area contributed by atoms with Gasteiger partial charge in [0.1, 0.15) is 0 Å². The number of ether oxygens (including phenoxy) is 4. The highest BCUT2D eigenvalue weighted by Gasteiger charge is 2.26. The normalized spacial score (nSPS) is 11.6. The Bertz CT molecular complexity index is 1670. The number of fused-ring (bicyclic) bond motifs is 1. The van der Waals surface area contributed by atoms with Gasteiger partial charge in [-0.15, -0.1) is 5.10 Å². The lowest BCUT2D eigenvalue weighted by Gasteiger charge is -2.22. The van der Waals surface area contributed by atoms with E-state index in [1.54, 1.807) is 47.6 Å². The van der Waals surface area contributed by atoms with E-state index in [0.717, 1.165) is 22.0 Å². The summed E-state index contributed by atoms with van der Waals surface area (Å²) in [5.41, 5.74) is 2.78. The van der Waals surface area contributed by atoms with Gasteiger partial charge in [0.2, 0.25) is 0 Å². The van der Waals surface area contributed by atoms with Gasteiger partial charge in [0.15, 0.2) is 28.7 Å². The first-order chi connectivity index (χ1) is 19.5. The predicted molar refractivity (Wildman–Crippen MR) is 150 cm³/mol. The molecule has 0 aliphatic heterocycles. The minimum atomic E-state index is -0.685. The molecular weight excluding hydrogens is 510 g/mol. The molecular formula is C30H29N5O5. The molecule has 3 aromatic carbocycles. The lowest BCUT2D eigenvalue weighted by Crippen LogP contribution is -2.31. The van der Waals surface area contributed by atoms with E-state index >= 15 is 0 Å². The first kappa shape index (κ1) is 26.5. The number of pyridine rings is 1. The summed E-state index contributed by atoms with van der Waals surface area (Å²) >= 11 is 0. The van der Waals surface area contributed by atoms with E-state index < -0.39 is 11.9 Å². The molecule has 0 saturated carbocycles. The summed E-state index contributed by atoms with van der Waals surface area (Å²) in [6, 6.07) is 19.8. The summed E-state index contributed by atoms with van der Waals surface area (Å²) in [6.45, 7) is 1.75. The Morgan fingerprint density at radius 1 is 0.800 bits per heavy atom. The molecule has 10 heteroatoms. The Kier molecular flexibility index (Phi) is 7.50. The van der Waals surface area contributed by atoms with Crippen LogP contribution in [0.4, 0.5) is 0 Å². The summed E-state index contributed by atoms with van der Waals surface area (Å²) in [6.07, 6.45) is 1.69.